The molecule has 0 heterocycles. The van der Waals surface area contributed by atoms with Crippen LogP contribution >= 0.6 is 0 Å². The van der Waals surface area contributed by atoms with Crippen molar-refractivity contribution in [1.29, 1.82) is 0 Å². The van der Waals surface area contributed by atoms with E-state index in [9.17, 15) is 32.9 Å². The first kappa shape index (κ1) is 19.9. The van der Waals surface area contributed by atoms with Crippen LogP contribution < -0.4 is 5.32 Å². The van der Waals surface area contributed by atoms with Crippen molar-refractivity contribution >= 4 is 23.3 Å². The van der Waals surface area contributed by atoms with E-state index in [1.54, 1.807) is 0 Å². The monoisotopic (exact) mass is 382 g/mol. The number of nitro groups is 1. The number of carbonyl (C=O) groups excluding carboxylic acids is 2. The first-order chi connectivity index (χ1) is 12.6. The van der Waals surface area contributed by atoms with Crippen LogP contribution in [0.1, 0.15) is 22.8 Å². The van der Waals surface area contributed by atoms with Crippen LogP contribution in [-0.4, -0.2) is 22.9 Å². The molecule has 0 bridgehead atoms. The van der Waals surface area contributed by atoms with E-state index in [-0.39, 0.29) is 16.9 Å². The second-order valence-electron chi connectivity index (χ2n) is 5.42. The highest BCUT2D eigenvalue weighted by Crippen LogP contribution is 2.30. The van der Waals surface area contributed by atoms with Crippen molar-refractivity contribution in [2.75, 3.05) is 5.32 Å². The topological polar surface area (TPSA) is 98.5 Å². The van der Waals surface area contributed by atoms with Crippen LogP contribution in [0.2, 0.25) is 0 Å². The fourth-order valence-corrected chi connectivity index (χ4v) is 2.02. The quantitative estimate of drug-likeness (QED) is 0.482. The van der Waals surface area contributed by atoms with Gasteiger partial charge >= 0.3 is 12.1 Å². The Morgan fingerprint density at radius 3 is 2.33 bits per heavy atom. The number of non-ortho nitro benzene ring substituents is 1. The van der Waals surface area contributed by atoms with Crippen molar-refractivity contribution in [2.45, 2.75) is 19.2 Å². The molecule has 0 fully saturated rings. The average molecular weight is 382 g/mol. The predicted molar refractivity (Wildman–Crippen MR) is 88.0 cm³/mol. The molecule has 2 rings (SSSR count). The molecule has 0 aliphatic carbocycles. The molecule has 142 valence electrons. The number of nitrogens with one attached hydrogen (secondary N) is 1. The Morgan fingerprint density at radius 2 is 1.78 bits per heavy atom. The molecule has 0 aliphatic rings. The van der Waals surface area contributed by atoms with Crippen molar-refractivity contribution in [3.8, 4) is 0 Å². The lowest BCUT2D eigenvalue weighted by molar-refractivity contribution is -0.384. The number of ether oxygens (including phenoxy) is 1. The summed E-state index contributed by atoms with van der Waals surface area (Å²) in [5.41, 5.74) is -1.27. The van der Waals surface area contributed by atoms with E-state index in [4.69, 9.17) is 4.74 Å². The summed E-state index contributed by atoms with van der Waals surface area (Å²) < 4.78 is 43.0. The van der Waals surface area contributed by atoms with Crippen LogP contribution in [-0.2, 0) is 15.7 Å². The number of alkyl halides is 3. The van der Waals surface area contributed by atoms with Crippen LogP contribution in [0.5, 0.6) is 0 Å². The predicted octanol–water partition coefficient (Wildman–Crippen LogP) is 3.80. The van der Waals surface area contributed by atoms with Crippen molar-refractivity contribution in [1.82, 2.24) is 0 Å². The van der Waals surface area contributed by atoms with Gasteiger partial charge in [0.25, 0.3) is 11.6 Å². The molecule has 10 heteroatoms. The van der Waals surface area contributed by atoms with E-state index < -0.39 is 34.6 Å². The lowest BCUT2D eigenvalue weighted by Gasteiger charge is -2.14. The molecule has 2 aromatic rings. The number of amides is 1. The van der Waals surface area contributed by atoms with Gasteiger partial charge in [0.2, 0.25) is 0 Å². The van der Waals surface area contributed by atoms with Crippen LogP contribution in [0, 0.1) is 10.1 Å². The van der Waals surface area contributed by atoms with E-state index in [2.05, 4.69) is 5.32 Å². The molecule has 0 saturated heterocycles. The van der Waals surface area contributed by atoms with Crippen LogP contribution in [0.25, 0.3) is 0 Å². The summed E-state index contributed by atoms with van der Waals surface area (Å²) in [5.74, 6) is -1.74. The standard InChI is InChI=1S/C17H13F3N2O5/c1-10(27-16(24)11-5-7-14(8-6-11)22(25)26)15(23)21-13-4-2-3-12(9-13)17(18,19)20/h2-10H,1H3,(H,21,23)/t10-/m0/s1. The van der Waals surface area contributed by atoms with E-state index in [0.717, 1.165) is 42.5 Å². The van der Waals surface area contributed by atoms with Gasteiger partial charge in [-0.1, -0.05) is 6.07 Å². The summed E-state index contributed by atoms with van der Waals surface area (Å²) in [6, 6.07) is 8.53. The summed E-state index contributed by atoms with van der Waals surface area (Å²) in [6.45, 7) is 1.24. The fraction of sp³-hybridized carbons (Fsp3) is 0.176. The zero-order chi connectivity index (χ0) is 20.2. The number of anilines is 1. The van der Waals surface area contributed by atoms with Gasteiger partial charge in [-0.15, -0.1) is 0 Å². The Kier molecular flexibility index (Phi) is 5.78. The number of benzene rings is 2. The maximum absolute atomic E-state index is 12.7. The zero-order valence-electron chi connectivity index (χ0n) is 13.8. The molecule has 27 heavy (non-hydrogen) atoms. The van der Waals surface area contributed by atoms with E-state index in [0.29, 0.717) is 0 Å². The Balaban J connectivity index is 2.01. The number of hydrogen-bond acceptors (Lipinski definition) is 5. The summed E-state index contributed by atoms with van der Waals surface area (Å²) in [6.07, 6.45) is -5.86. The van der Waals surface area contributed by atoms with Gasteiger partial charge in [0.05, 0.1) is 16.1 Å². The van der Waals surface area contributed by atoms with Gasteiger partial charge in [0.1, 0.15) is 0 Å². The second-order valence-corrected chi connectivity index (χ2v) is 5.42. The highest BCUT2D eigenvalue weighted by molar-refractivity contribution is 5.97. The second kappa shape index (κ2) is 7.85. The average Bonchev–Trinajstić information content (AvgIpc) is 2.61. The van der Waals surface area contributed by atoms with Gasteiger partial charge in [-0.05, 0) is 37.3 Å². The van der Waals surface area contributed by atoms with Crippen LogP contribution in [0.4, 0.5) is 24.5 Å². The third-order valence-electron chi connectivity index (χ3n) is 3.42. The third-order valence-corrected chi connectivity index (χ3v) is 3.42. The number of halogens is 3. The summed E-state index contributed by atoms with van der Waals surface area (Å²) in [5, 5.41) is 12.8. The molecular weight excluding hydrogens is 369 g/mol. The number of nitro benzene ring substituents is 1. The van der Waals surface area contributed by atoms with E-state index >= 15 is 0 Å². The lowest BCUT2D eigenvalue weighted by Crippen LogP contribution is -2.30. The molecule has 7 nitrogen and oxygen atoms in total. The van der Waals surface area contributed by atoms with Gasteiger partial charge in [-0.25, -0.2) is 4.79 Å². The van der Waals surface area contributed by atoms with Crippen molar-refractivity contribution in [2.24, 2.45) is 0 Å². The molecule has 0 saturated carbocycles. The van der Waals surface area contributed by atoms with Gasteiger partial charge in [0, 0.05) is 17.8 Å². The van der Waals surface area contributed by atoms with Gasteiger partial charge < -0.3 is 10.1 Å². The van der Waals surface area contributed by atoms with Gasteiger partial charge in [-0.3, -0.25) is 14.9 Å². The minimum atomic E-state index is -4.56. The van der Waals surface area contributed by atoms with Crippen molar-refractivity contribution in [3.63, 3.8) is 0 Å². The highest BCUT2D eigenvalue weighted by atomic mass is 19.4. The maximum atomic E-state index is 12.7. The van der Waals surface area contributed by atoms with E-state index in [1.165, 1.54) is 13.0 Å². The van der Waals surface area contributed by atoms with Crippen molar-refractivity contribution in [3.05, 3.63) is 69.8 Å². The molecule has 2 aromatic carbocycles. The van der Waals surface area contributed by atoms with E-state index in [1.807, 2.05) is 0 Å². The minimum Gasteiger partial charge on any atom is -0.449 e. The molecule has 0 aromatic heterocycles. The van der Waals surface area contributed by atoms with Crippen LogP contribution in [0.15, 0.2) is 48.5 Å². The first-order valence-corrected chi connectivity index (χ1v) is 7.51. The molecule has 0 aliphatic heterocycles. The molecule has 1 N–H and O–H groups in total. The number of hydrogen-bond donors (Lipinski definition) is 1. The number of rotatable bonds is 5. The Labute approximate surface area is 150 Å². The van der Waals surface area contributed by atoms with Gasteiger partial charge in [0.15, 0.2) is 6.10 Å². The lowest BCUT2D eigenvalue weighted by atomic mass is 10.2. The minimum absolute atomic E-state index is 0.0145. The maximum Gasteiger partial charge on any atom is 0.416 e. The van der Waals surface area contributed by atoms with Gasteiger partial charge in [-0.2, -0.15) is 13.2 Å². The molecular formula is C17H13F3N2O5. The summed E-state index contributed by atoms with van der Waals surface area (Å²) in [4.78, 5) is 33.9. The largest absolute Gasteiger partial charge is 0.449 e. The summed E-state index contributed by atoms with van der Waals surface area (Å²) >= 11 is 0. The Hall–Kier alpha value is -3.43. The smallest absolute Gasteiger partial charge is 0.416 e. The molecule has 0 radical (unpaired) electrons. The highest BCUT2D eigenvalue weighted by Gasteiger charge is 2.30. The van der Waals surface area contributed by atoms with Crippen LogP contribution in [0.3, 0.4) is 0 Å². The molecule has 0 spiro atoms. The Bertz CT molecular complexity index is 866. The molecule has 1 atom stereocenters. The first-order valence-electron chi connectivity index (χ1n) is 7.51. The fourth-order valence-electron chi connectivity index (χ4n) is 2.02. The summed E-state index contributed by atoms with van der Waals surface area (Å²) in [7, 11) is 0. The molecule has 0 unspecified atom stereocenters. The third kappa shape index (κ3) is 5.27. The molecule has 1 amide bonds. The van der Waals surface area contributed by atoms with Crippen molar-refractivity contribution < 1.29 is 32.4 Å². The normalized spacial score (nSPS) is 12.1. The Morgan fingerprint density at radius 1 is 1.15 bits per heavy atom. The zero-order valence-corrected chi connectivity index (χ0v) is 13.8. The number of nitrogens with zero attached hydrogens (tertiary/aromatic N) is 1. The SMILES string of the molecule is C[C@H](OC(=O)c1ccc([N+](=O)[O-])cc1)C(=O)Nc1cccc(C(F)(F)F)c1. The number of esters is 1. The number of carbonyl (C=O) groups is 2.